The lowest BCUT2D eigenvalue weighted by atomic mass is 9.84. The first-order chi connectivity index (χ1) is 10.3. The summed E-state index contributed by atoms with van der Waals surface area (Å²) in [5.74, 6) is 0.930. The van der Waals surface area contributed by atoms with Crippen molar-refractivity contribution in [1.29, 1.82) is 0 Å². The van der Waals surface area contributed by atoms with E-state index in [2.05, 4.69) is 35.2 Å². The van der Waals surface area contributed by atoms with Crippen LogP contribution in [-0.4, -0.2) is 47.6 Å². The zero-order chi connectivity index (χ0) is 14.7. The van der Waals surface area contributed by atoms with Crippen molar-refractivity contribution >= 4 is 11.8 Å². The number of likely N-dealkylation sites (tertiary alicyclic amines) is 1. The van der Waals surface area contributed by atoms with Gasteiger partial charge >= 0.3 is 0 Å². The van der Waals surface area contributed by atoms with Crippen LogP contribution in [0.25, 0.3) is 0 Å². The number of thioether (sulfide) groups is 1. The Morgan fingerprint density at radius 3 is 2.38 bits per heavy atom. The Kier molecular flexibility index (Phi) is 5.92. The lowest BCUT2D eigenvalue weighted by Gasteiger charge is -2.43. The summed E-state index contributed by atoms with van der Waals surface area (Å²) in [5.41, 5.74) is 0. The molecule has 1 N–H and O–H groups in total. The van der Waals surface area contributed by atoms with Gasteiger partial charge in [-0.2, -0.15) is 11.8 Å². The molecule has 2 saturated carbocycles. The van der Waals surface area contributed by atoms with Crippen molar-refractivity contribution in [1.82, 2.24) is 10.2 Å². The van der Waals surface area contributed by atoms with Gasteiger partial charge in [0.2, 0.25) is 0 Å². The van der Waals surface area contributed by atoms with Crippen LogP contribution < -0.4 is 5.32 Å². The molecule has 122 valence electrons. The highest BCUT2D eigenvalue weighted by atomic mass is 32.2. The maximum absolute atomic E-state index is 4.01. The molecule has 0 radical (unpaired) electrons. The Bertz CT molecular complexity index is 314. The van der Waals surface area contributed by atoms with Crippen molar-refractivity contribution in [2.45, 2.75) is 88.1 Å². The average Bonchev–Trinajstić information content (AvgIpc) is 2.96. The highest BCUT2D eigenvalue weighted by molar-refractivity contribution is 7.99. The van der Waals surface area contributed by atoms with Crippen molar-refractivity contribution in [2.75, 3.05) is 19.3 Å². The molecule has 2 nitrogen and oxygen atoms in total. The van der Waals surface area contributed by atoms with Gasteiger partial charge in [0.1, 0.15) is 0 Å². The van der Waals surface area contributed by atoms with E-state index in [1.54, 1.807) is 0 Å². The van der Waals surface area contributed by atoms with E-state index in [1.165, 1.54) is 70.9 Å². The largest absolute Gasteiger partial charge is 0.310 e. The molecule has 0 amide bonds. The molecule has 0 aromatic heterocycles. The van der Waals surface area contributed by atoms with Gasteiger partial charge in [-0.05, 0) is 63.8 Å². The molecule has 4 atom stereocenters. The highest BCUT2D eigenvalue weighted by Crippen LogP contribution is 2.32. The summed E-state index contributed by atoms with van der Waals surface area (Å²) >= 11 is 2.08. The Balaban J connectivity index is 1.44. The van der Waals surface area contributed by atoms with Crippen LogP contribution in [0.5, 0.6) is 0 Å². The van der Waals surface area contributed by atoms with Gasteiger partial charge in [0.05, 0.1) is 0 Å². The standard InChI is InChI=1S/C18H34N2S/c1-14-6-3-4-8-17(14)20-12-10-15(11-13-20)19-16-7-5-9-18(16)21-2/h14-19H,3-13H2,1-2H3/t14-,16+,17-,18-/m1/s1. The zero-order valence-electron chi connectivity index (χ0n) is 14.0. The molecule has 0 spiro atoms. The van der Waals surface area contributed by atoms with E-state index in [4.69, 9.17) is 0 Å². The molecule has 1 aliphatic heterocycles. The summed E-state index contributed by atoms with van der Waals surface area (Å²) in [4.78, 5) is 2.82. The van der Waals surface area contributed by atoms with Crippen LogP contribution in [0.4, 0.5) is 0 Å². The Hall–Kier alpha value is 0.270. The first-order valence-corrected chi connectivity index (χ1v) is 10.6. The van der Waals surface area contributed by atoms with Crippen LogP contribution in [0.2, 0.25) is 0 Å². The minimum atomic E-state index is 0.790. The molecule has 21 heavy (non-hydrogen) atoms. The summed E-state index contributed by atoms with van der Waals surface area (Å²) in [7, 11) is 0. The SMILES string of the molecule is CS[C@@H]1CCC[C@@H]1NC1CCN([C@@H]2CCCC[C@H]2C)CC1. The normalized spacial score (nSPS) is 39.7. The van der Waals surface area contributed by atoms with Crippen molar-refractivity contribution in [3.63, 3.8) is 0 Å². The van der Waals surface area contributed by atoms with Gasteiger partial charge in [0.15, 0.2) is 0 Å². The second-order valence-corrected chi connectivity index (χ2v) is 8.69. The molecule has 0 aromatic rings. The summed E-state index contributed by atoms with van der Waals surface area (Å²) in [6.45, 7) is 5.16. The first-order valence-electron chi connectivity index (χ1n) is 9.31. The minimum Gasteiger partial charge on any atom is -0.310 e. The predicted octanol–water partition coefficient (Wildman–Crippen LogP) is 3.90. The summed E-state index contributed by atoms with van der Waals surface area (Å²) in [6.07, 6.45) is 15.2. The van der Waals surface area contributed by atoms with Gasteiger partial charge in [-0.1, -0.05) is 26.2 Å². The third-order valence-corrected chi connectivity index (χ3v) is 7.44. The fourth-order valence-electron chi connectivity index (χ4n) is 4.94. The molecule has 0 bridgehead atoms. The minimum absolute atomic E-state index is 0.790. The summed E-state index contributed by atoms with van der Waals surface area (Å²) in [5, 5.41) is 4.88. The fraction of sp³-hybridized carbons (Fsp3) is 1.00. The third kappa shape index (κ3) is 3.97. The monoisotopic (exact) mass is 310 g/mol. The summed E-state index contributed by atoms with van der Waals surface area (Å²) in [6, 6.07) is 2.48. The van der Waals surface area contributed by atoms with Gasteiger partial charge in [0.25, 0.3) is 0 Å². The number of nitrogens with zero attached hydrogens (tertiary/aromatic N) is 1. The first kappa shape index (κ1) is 16.1. The maximum Gasteiger partial charge on any atom is 0.0198 e. The van der Waals surface area contributed by atoms with Crippen LogP contribution in [-0.2, 0) is 0 Å². The van der Waals surface area contributed by atoms with E-state index in [9.17, 15) is 0 Å². The van der Waals surface area contributed by atoms with E-state index in [0.717, 1.165) is 29.3 Å². The van der Waals surface area contributed by atoms with E-state index in [0.29, 0.717) is 0 Å². The van der Waals surface area contributed by atoms with Gasteiger partial charge in [-0.3, -0.25) is 0 Å². The molecule has 2 aliphatic carbocycles. The van der Waals surface area contributed by atoms with Crippen molar-refractivity contribution in [3.8, 4) is 0 Å². The van der Waals surface area contributed by atoms with Crippen molar-refractivity contribution in [2.24, 2.45) is 5.92 Å². The van der Waals surface area contributed by atoms with Crippen LogP contribution in [0.1, 0.15) is 64.7 Å². The topological polar surface area (TPSA) is 15.3 Å². The molecular formula is C18H34N2S. The molecular weight excluding hydrogens is 276 g/mol. The molecule has 0 unspecified atom stereocenters. The molecule has 3 fully saturated rings. The number of hydrogen-bond acceptors (Lipinski definition) is 3. The van der Waals surface area contributed by atoms with Gasteiger partial charge in [0, 0.05) is 23.4 Å². The Labute approximate surface area is 135 Å². The lowest BCUT2D eigenvalue weighted by molar-refractivity contribution is 0.0799. The molecule has 1 saturated heterocycles. The van der Waals surface area contributed by atoms with Gasteiger partial charge < -0.3 is 10.2 Å². The van der Waals surface area contributed by atoms with E-state index in [-0.39, 0.29) is 0 Å². The Morgan fingerprint density at radius 1 is 0.905 bits per heavy atom. The van der Waals surface area contributed by atoms with Crippen LogP contribution in [0.15, 0.2) is 0 Å². The third-order valence-electron chi connectivity index (χ3n) is 6.27. The predicted molar refractivity (Wildman–Crippen MR) is 94.1 cm³/mol. The number of hydrogen-bond donors (Lipinski definition) is 1. The summed E-state index contributed by atoms with van der Waals surface area (Å²) < 4.78 is 0. The lowest BCUT2D eigenvalue weighted by Crippen LogP contribution is -2.51. The molecule has 0 aromatic carbocycles. The molecule has 3 aliphatic rings. The van der Waals surface area contributed by atoms with Gasteiger partial charge in [-0.15, -0.1) is 0 Å². The number of nitrogens with one attached hydrogen (secondary N) is 1. The maximum atomic E-state index is 4.01. The van der Waals surface area contributed by atoms with Crippen molar-refractivity contribution in [3.05, 3.63) is 0 Å². The zero-order valence-corrected chi connectivity index (χ0v) is 14.8. The van der Waals surface area contributed by atoms with Crippen LogP contribution in [0.3, 0.4) is 0 Å². The number of rotatable bonds is 4. The highest BCUT2D eigenvalue weighted by Gasteiger charge is 2.32. The quantitative estimate of drug-likeness (QED) is 0.848. The Morgan fingerprint density at radius 2 is 1.67 bits per heavy atom. The fourth-order valence-corrected chi connectivity index (χ4v) is 5.88. The van der Waals surface area contributed by atoms with Crippen molar-refractivity contribution < 1.29 is 0 Å². The second kappa shape index (κ2) is 7.70. The average molecular weight is 311 g/mol. The molecule has 1 heterocycles. The molecule has 3 rings (SSSR count). The van der Waals surface area contributed by atoms with Crippen LogP contribution in [0, 0.1) is 5.92 Å². The number of piperidine rings is 1. The second-order valence-electron chi connectivity index (χ2n) is 7.62. The molecule has 3 heteroatoms. The van der Waals surface area contributed by atoms with E-state index in [1.807, 2.05) is 0 Å². The smallest absolute Gasteiger partial charge is 0.0198 e. The van der Waals surface area contributed by atoms with Crippen LogP contribution >= 0.6 is 11.8 Å². The van der Waals surface area contributed by atoms with E-state index >= 15 is 0 Å². The van der Waals surface area contributed by atoms with E-state index < -0.39 is 0 Å². The van der Waals surface area contributed by atoms with Gasteiger partial charge in [-0.25, -0.2) is 0 Å².